The summed E-state index contributed by atoms with van der Waals surface area (Å²) in [4.78, 5) is 28.3. The molecule has 0 heterocycles. The van der Waals surface area contributed by atoms with Gasteiger partial charge in [0.25, 0.3) is 11.6 Å². The Balaban J connectivity index is 1.59. The number of carbonyl (C=O) groups is 2. The minimum Gasteiger partial charge on any atom is -0.347 e. The van der Waals surface area contributed by atoms with Gasteiger partial charge in [-0.3, -0.25) is 9.59 Å². The first-order valence-electron chi connectivity index (χ1n) is 15.5. The van der Waals surface area contributed by atoms with E-state index in [1.54, 1.807) is 122 Å². The van der Waals surface area contributed by atoms with Crippen LogP contribution in [0.5, 0.6) is 0 Å². The summed E-state index contributed by atoms with van der Waals surface area (Å²) in [6.45, 7) is 1.97. The standard InChI is InChI=1S/C40H30F6N2O2/c1-2-47(26-35(37(49)39(41,42)43)28-14-6-3-7-15-28)33-22-12-18-30(24-33)31-19-13-23-34(25-31)48(32-20-10-5-11-21-32)27-36(38(50)40(44,45)46)29-16-8-4-9-17-29/h3-27H,2H2,1H3/b35-26-,36-27-. The van der Waals surface area contributed by atoms with Crippen LogP contribution in [0.3, 0.4) is 0 Å². The van der Waals surface area contributed by atoms with Crippen molar-refractivity contribution in [1.82, 2.24) is 0 Å². The van der Waals surface area contributed by atoms with E-state index < -0.39 is 35.1 Å². The van der Waals surface area contributed by atoms with E-state index in [1.165, 1.54) is 46.5 Å². The molecule has 10 heteroatoms. The Kier molecular flexibility index (Phi) is 10.7. The van der Waals surface area contributed by atoms with Gasteiger partial charge in [-0.25, -0.2) is 0 Å². The van der Waals surface area contributed by atoms with Gasteiger partial charge in [0.2, 0.25) is 0 Å². The van der Waals surface area contributed by atoms with Gasteiger partial charge >= 0.3 is 12.4 Å². The lowest BCUT2D eigenvalue weighted by atomic mass is 10.0. The number of nitrogens with zero attached hydrogens (tertiary/aromatic N) is 2. The molecular weight excluding hydrogens is 654 g/mol. The molecule has 0 saturated heterocycles. The SMILES string of the molecule is CCN(/C=C(\C(=O)C(F)(F)F)c1ccccc1)c1cccc(-c2cccc(N(/C=C(\C(=O)C(F)(F)F)c3ccccc3)c3ccccc3)c2)c1. The van der Waals surface area contributed by atoms with Crippen LogP contribution in [0.2, 0.25) is 0 Å². The van der Waals surface area contributed by atoms with Gasteiger partial charge in [0.15, 0.2) is 0 Å². The van der Waals surface area contributed by atoms with Gasteiger partial charge in [0.05, 0.1) is 11.1 Å². The zero-order chi connectivity index (χ0) is 35.9. The van der Waals surface area contributed by atoms with Crippen LogP contribution in [-0.2, 0) is 9.59 Å². The fourth-order valence-electron chi connectivity index (χ4n) is 5.29. The fourth-order valence-corrected chi connectivity index (χ4v) is 5.29. The Morgan fingerprint density at radius 1 is 0.520 bits per heavy atom. The molecule has 4 nitrogen and oxygen atoms in total. The van der Waals surface area contributed by atoms with E-state index in [4.69, 9.17) is 0 Å². The van der Waals surface area contributed by atoms with Crippen molar-refractivity contribution < 1.29 is 35.9 Å². The molecule has 50 heavy (non-hydrogen) atoms. The van der Waals surface area contributed by atoms with E-state index in [9.17, 15) is 35.9 Å². The number of para-hydroxylation sites is 1. The first-order chi connectivity index (χ1) is 23.9. The molecule has 5 rings (SSSR count). The van der Waals surface area contributed by atoms with Crippen molar-refractivity contribution in [2.24, 2.45) is 0 Å². The second-order valence-electron chi connectivity index (χ2n) is 11.1. The molecule has 5 aromatic carbocycles. The van der Waals surface area contributed by atoms with E-state index >= 15 is 0 Å². The molecule has 0 fully saturated rings. The zero-order valence-electron chi connectivity index (χ0n) is 26.6. The third kappa shape index (κ3) is 8.38. The first-order valence-corrected chi connectivity index (χ1v) is 15.5. The van der Waals surface area contributed by atoms with Crippen LogP contribution in [0.4, 0.5) is 43.4 Å². The average Bonchev–Trinajstić information content (AvgIpc) is 3.12. The first kappa shape index (κ1) is 35.4. The minimum atomic E-state index is -5.13. The third-order valence-corrected chi connectivity index (χ3v) is 7.73. The molecule has 0 unspecified atom stereocenters. The van der Waals surface area contributed by atoms with Crippen molar-refractivity contribution in [1.29, 1.82) is 0 Å². The maximum Gasteiger partial charge on any atom is 0.454 e. The Labute approximate surface area is 285 Å². The predicted octanol–water partition coefficient (Wildman–Crippen LogP) is 10.7. The number of benzene rings is 5. The molecule has 0 bridgehead atoms. The highest BCUT2D eigenvalue weighted by molar-refractivity contribution is 6.24. The summed E-state index contributed by atoms with van der Waals surface area (Å²) in [7, 11) is 0. The molecule has 0 saturated carbocycles. The van der Waals surface area contributed by atoms with Crippen LogP contribution < -0.4 is 9.80 Å². The number of hydrogen-bond acceptors (Lipinski definition) is 4. The van der Waals surface area contributed by atoms with Gasteiger partial charge in [-0.15, -0.1) is 0 Å². The zero-order valence-corrected chi connectivity index (χ0v) is 26.6. The Morgan fingerprint density at radius 3 is 1.38 bits per heavy atom. The Morgan fingerprint density at radius 2 is 0.920 bits per heavy atom. The van der Waals surface area contributed by atoms with Crippen LogP contribution in [0.25, 0.3) is 22.3 Å². The molecule has 0 spiro atoms. The number of ketones is 2. The molecule has 254 valence electrons. The minimum absolute atomic E-state index is 0.0891. The van der Waals surface area contributed by atoms with Crippen molar-refractivity contribution in [2.75, 3.05) is 16.3 Å². The molecule has 0 aliphatic rings. The second-order valence-corrected chi connectivity index (χ2v) is 11.1. The summed E-state index contributed by atoms with van der Waals surface area (Å²) in [5, 5.41) is 0. The average molecular weight is 685 g/mol. The monoisotopic (exact) mass is 684 g/mol. The maximum atomic E-state index is 13.8. The molecule has 5 aromatic rings. The molecule has 0 atom stereocenters. The Bertz CT molecular complexity index is 2010. The van der Waals surface area contributed by atoms with Gasteiger partial charge < -0.3 is 9.80 Å². The highest BCUT2D eigenvalue weighted by Gasteiger charge is 2.42. The van der Waals surface area contributed by atoms with E-state index in [0.29, 0.717) is 28.2 Å². The number of alkyl halides is 6. The molecule has 0 N–H and O–H groups in total. The summed E-state index contributed by atoms with van der Waals surface area (Å²) >= 11 is 0. The van der Waals surface area contributed by atoms with Gasteiger partial charge in [0.1, 0.15) is 0 Å². The number of Topliss-reactive ketones (excluding diaryl/α,β-unsaturated/α-hetero) is 2. The maximum absolute atomic E-state index is 13.8. The largest absolute Gasteiger partial charge is 0.454 e. The van der Waals surface area contributed by atoms with Crippen molar-refractivity contribution in [3.63, 3.8) is 0 Å². The van der Waals surface area contributed by atoms with Crippen molar-refractivity contribution in [3.8, 4) is 11.1 Å². The van der Waals surface area contributed by atoms with Crippen LogP contribution in [0, 0.1) is 0 Å². The Hall–Kier alpha value is -5.90. The van der Waals surface area contributed by atoms with Crippen LogP contribution in [0.1, 0.15) is 18.1 Å². The lowest BCUT2D eigenvalue weighted by molar-refractivity contribution is -0.164. The van der Waals surface area contributed by atoms with E-state index in [0.717, 1.165) is 0 Å². The summed E-state index contributed by atoms with van der Waals surface area (Å²) in [5.74, 6) is -3.97. The quantitative estimate of drug-likeness (QED) is 0.103. The lowest BCUT2D eigenvalue weighted by Crippen LogP contribution is -2.26. The third-order valence-electron chi connectivity index (χ3n) is 7.73. The number of halogens is 6. The number of anilines is 3. The van der Waals surface area contributed by atoms with Gasteiger partial charge in [0, 0.05) is 36.0 Å². The van der Waals surface area contributed by atoms with Crippen LogP contribution >= 0.6 is 0 Å². The van der Waals surface area contributed by atoms with Crippen molar-refractivity contribution >= 4 is 39.8 Å². The van der Waals surface area contributed by atoms with Gasteiger partial charge in [-0.1, -0.05) is 103 Å². The summed E-state index contributed by atoms with van der Waals surface area (Å²) < 4.78 is 82.5. The normalized spacial score (nSPS) is 12.4. The van der Waals surface area contributed by atoms with Crippen molar-refractivity contribution in [2.45, 2.75) is 19.3 Å². The topological polar surface area (TPSA) is 40.6 Å². The van der Waals surface area contributed by atoms with E-state index in [1.807, 2.05) is 0 Å². The molecule has 0 aliphatic carbocycles. The molecule has 0 aromatic heterocycles. The number of hydrogen-bond donors (Lipinski definition) is 0. The molecular formula is C40H30F6N2O2. The highest BCUT2D eigenvalue weighted by atomic mass is 19.4. The molecule has 0 radical (unpaired) electrons. The summed E-state index contributed by atoms with van der Waals surface area (Å²) in [5.41, 5.74) is 1.85. The lowest BCUT2D eigenvalue weighted by Gasteiger charge is -2.24. The summed E-state index contributed by atoms with van der Waals surface area (Å²) in [6, 6.07) is 37.6. The summed E-state index contributed by atoms with van der Waals surface area (Å²) in [6.07, 6.45) is -7.86. The van der Waals surface area contributed by atoms with E-state index in [-0.39, 0.29) is 17.7 Å². The number of allylic oxidation sites excluding steroid dienone is 2. The smallest absolute Gasteiger partial charge is 0.347 e. The number of carbonyl (C=O) groups excluding carboxylic acids is 2. The predicted molar refractivity (Wildman–Crippen MR) is 184 cm³/mol. The second kappa shape index (κ2) is 15.1. The van der Waals surface area contributed by atoms with Gasteiger partial charge in [-0.2, -0.15) is 26.3 Å². The molecule has 0 amide bonds. The molecule has 0 aliphatic heterocycles. The highest BCUT2D eigenvalue weighted by Crippen LogP contribution is 2.35. The van der Waals surface area contributed by atoms with Gasteiger partial charge in [-0.05, 0) is 65.6 Å². The number of rotatable bonds is 11. The van der Waals surface area contributed by atoms with E-state index in [2.05, 4.69) is 0 Å². The van der Waals surface area contributed by atoms with Crippen LogP contribution in [-0.4, -0.2) is 30.5 Å². The van der Waals surface area contributed by atoms with Crippen LogP contribution in [0.15, 0.2) is 152 Å². The van der Waals surface area contributed by atoms with Crippen molar-refractivity contribution in [3.05, 3.63) is 163 Å². The fraction of sp³-hybridized carbons (Fsp3) is 0.100.